The molecule has 1 fully saturated rings. The van der Waals surface area contributed by atoms with Gasteiger partial charge in [-0.1, -0.05) is 0 Å². The van der Waals surface area contributed by atoms with Crippen LogP contribution in [-0.2, 0) is 15.7 Å². The molecule has 1 unspecified atom stereocenters. The van der Waals surface area contributed by atoms with Gasteiger partial charge in [-0.2, -0.15) is 13.2 Å². The van der Waals surface area contributed by atoms with E-state index in [0.717, 1.165) is 6.07 Å². The molecule has 162 valence electrons. The minimum absolute atomic E-state index is 0.00296. The lowest BCUT2D eigenvalue weighted by Gasteiger charge is -2.32. The molecule has 11 heteroatoms. The zero-order valence-electron chi connectivity index (χ0n) is 16.2. The largest absolute Gasteiger partial charge is 0.489 e. The zero-order valence-corrected chi connectivity index (χ0v) is 16.2. The quantitative estimate of drug-likeness (QED) is 0.677. The average Bonchev–Trinajstić information content (AvgIpc) is 3.14. The third-order valence-electron chi connectivity index (χ3n) is 4.34. The summed E-state index contributed by atoms with van der Waals surface area (Å²) in [6.07, 6.45) is -2.64. The number of halogens is 3. The number of morpholine rings is 1. The van der Waals surface area contributed by atoms with Crippen LogP contribution in [0.15, 0.2) is 28.9 Å². The fourth-order valence-electron chi connectivity index (χ4n) is 2.98. The number of hydrogen-bond acceptors (Lipinski definition) is 7. The minimum atomic E-state index is -4.77. The van der Waals surface area contributed by atoms with Crippen molar-refractivity contribution >= 4 is 11.9 Å². The molecule has 1 amide bonds. The van der Waals surface area contributed by atoms with Gasteiger partial charge in [-0.25, -0.2) is 4.79 Å². The number of rotatable bonds is 5. The Hall–Kier alpha value is -3.08. The lowest BCUT2D eigenvalue weighted by Crippen LogP contribution is -2.47. The van der Waals surface area contributed by atoms with E-state index in [-0.39, 0.29) is 43.4 Å². The highest BCUT2D eigenvalue weighted by Gasteiger charge is 2.41. The van der Waals surface area contributed by atoms with E-state index in [2.05, 4.69) is 14.1 Å². The van der Waals surface area contributed by atoms with Crippen molar-refractivity contribution in [3.05, 3.63) is 47.2 Å². The summed E-state index contributed by atoms with van der Waals surface area (Å²) in [6, 6.07) is 2.52. The Labute approximate surface area is 169 Å². The Balaban J connectivity index is 1.65. The number of amides is 1. The Bertz CT molecular complexity index is 927. The summed E-state index contributed by atoms with van der Waals surface area (Å²) in [7, 11) is 1.24. The normalized spacial score (nSPS) is 17.0. The standard InChI is InChI=1S/C19H19F3N2O6/c1-11-5-15(16(30-11)19(20,21)22)17(25)24-3-4-28-14(9-24)10-29-13-6-12(7-23-8-13)18(26)27-2/h5-8,14H,3-4,9-10H2,1-2H3. The first-order valence-electron chi connectivity index (χ1n) is 8.93. The first-order valence-corrected chi connectivity index (χ1v) is 8.93. The van der Waals surface area contributed by atoms with E-state index in [9.17, 15) is 22.8 Å². The summed E-state index contributed by atoms with van der Waals surface area (Å²) in [4.78, 5) is 29.4. The molecule has 8 nitrogen and oxygen atoms in total. The van der Waals surface area contributed by atoms with Crippen LogP contribution in [-0.4, -0.2) is 61.3 Å². The molecule has 0 saturated carbocycles. The van der Waals surface area contributed by atoms with Crippen molar-refractivity contribution < 1.29 is 41.4 Å². The van der Waals surface area contributed by atoms with E-state index in [4.69, 9.17) is 9.47 Å². The van der Waals surface area contributed by atoms with Gasteiger partial charge in [-0.3, -0.25) is 9.78 Å². The van der Waals surface area contributed by atoms with E-state index in [1.165, 1.54) is 37.4 Å². The van der Waals surface area contributed by atoms with E-state index in [1.807, 2.05) is 0 Å². The molecule has 1 saturated heterocycles. The van der Waals surface area contributed by atoms with Gasteiger partial charge < -0.3 is 23.5 Å². The first-order chi connectivity index (χ1) is 14.2. The molecule has 1 aliphatic rings. The highest BCUT2D eigenvalue weighted by Crippen LogP contribution is 2.34. The fraction of sp³-hybridized carbons (Fsp3) is 0.421. The summed E-state index contributed by atoms with van der Waals surface area (Å²) in [5.41, 5.74) is -0.331. The third kappa shape index (κ3) is 4.90. The summed E-state index contributed by atoms with van der Waals surface area (Å²) in [5, 5.41) is 0. The van der Waals surface area contributed by atoms with Gasteiger partial charge >= 0.3 is 12.1 Å². The van der Waals surface area contributed by atoms with E-state index in [0.29, 0.717) is 0 Å². The number of nitrogens with zero attached hydrogens (tertiary/aromatic N) is 2. The van der Waals surface area contributed by atoms with Crippen LogP contribution < -0.4 is 4.74 Å². The van der Waals surface area contributed by atoms with E-state index >= 15 is 0 Å². The summed E-state index contributed by atoms with van der Waals surface area (Å²) >= 11 is 0. The second-order valence-electron chi connectivity index (χ2n) is 6.55. The molecule has 1 atom stereocenters. The zero-order chi connectivity index (χ0) is 21.9. The molecular weight excluding hydrogens is 409 g/mol. The molecule has 0 aromatic carbocycles. The lowest BCUT2D eigenvalue weighted by atomic mass is 10.1. The van der Waals surface area contributed by atoms with Gasteiger partial charge in [0.2, 0.25) is 5.76 Å². The van der Waals surface area contributed by atoms with Gasteiger partial charge in [0, 0.05) is 12.7 Å². The molecule has 1 aliphatic heterocycles. The smallest absolute Gasteiger partial charge is 0.450 e. The molecule has 2 aromatic heterocycles. The highest BCUT2D eigenvalue weighted by molar-refractivity contribution is 5.95. The fourth-order valence-corrected chi connectivity index (χ4v) is 2.98. The Kier molecular flexibility index (Phi) is 6.30. The van der Waals surface area contributed by atoms with Crippen LogP contribution in [0.4, 0.5) is 13.2 Å². The molecule has 0 spiro atoms. The topological polar surface area (TPSA) is 91.1 Å². The number of ether oxygens (including phenoxy) is 3. The number of methoxy groups -OCH3 is 1. The van der Waals surface area contributed by atoms with Crippen molar-refractivity contribution in [2.75, 3.05) is 33.4 Å². The van der Waals surface area contributed by atoms with Gasteiger partial charge in [0.15, 0.2) is 0 Å². The number of aromatic nitrogens is 1. The predicted molar refractivity (Wildman–Crippen MR) is 95.2 cm³/mol. The average molecular weight is 428 g/mol. The van der Waals surface area contributed by atoms with Gasteiger partial charge in [-0.05, 0) is 19.1 Å². The van der Waals surface area contributed by atoms with Crippen LogP contribution >= 0.6 is 0 Å². The highest BCUT2D eigenvalue weighted by atomic mass is 19.4. The minimum Gasteiger partial charge on any atom is -0.489 e. The summed E-state index contributed by atoms with van der Waals surface area (Å²) < 4.78 is 59.8. The van der Waals surface area contributed by atoms with Crippen LogP contribution in [0.2, 0.25) is 0 Å². The van der Waals surface area contributed by atoms with E-state index in [1.54, 1.807) is 0 Å². The Morgan fingerprint density at radius 2 is 2.07 bits per heavy atom. The third-order valence-corrected chi connectivity index (χ3v) is 4.34. The summed E-state index contributed by atoms with van der Waals surface area (Å²) in [5.74, 6) is -2.39. The van der Waals surface area contributed by atoms with Gasteiger partial charge in [0.1, 0.15) is 24.2 Å². The second kappa shape index (κ2) is 8.74. The molecule has 2 aromatic rings. The number of esters is 1. The lowest BCUT2D eigenvalue weighted by molar-refractivity contribution is -0.153. The van der Waals surface area contributed by atoms with Crippen molar-refractivity contribution in [1.82, 2.24) is 9.88 Å². The van der Waals surface area contributed by atoms with Crippen molar-refractivity contribution in [2.24, 2.45) is 0 Å². The number of furan rings is 1. The van der Waals surface area contributed by atoms with Crippen molar-refractivity contribution in [2.45, 2.75) is 19.2 Å². The molecule has 0 aliphatic carbocycles. The molecule has 3 heterocycles. The maximum Gasteiger partial charge on any atom is 0.450 e. The molecule has 30 heavy (non-hydrogen) atoms. The van der Waals surface area contributed by atoms with Crippen molar-refractivity contribution in [3.63, 3.8) is 0 Å². The Morgan fingerprint density at radius 3 is 2.77 bits per heavy atom. The number of alkyl halides is 3. The molecule has 0 N–H and O–H groups in total. The summed E-state index contributed by atoms with van der Waals surface area (Å²) in [6.45, 7) is 1.66. The van der Waals surface area contributed by atoms with Gasteiger partial charge in [0.25, 0.3) is 5.91 Å². The van der Waals surface area contributed by atoms with Crippen LogP contribution in [0.3, 0.4) is 0 Å². The van der Waals surface area contributed by atoms with Crippen molar-refractivity contribution in [1.29, 1.82) is 0 Å². The van der Waals surface area contributed by atoms with Crippen LogP contribution in [0, 0.1) is 6.92 Å². The van der Waals surface area contributed by atoms with Crippen LogP contribution in [0.25, 0.3) is 0 Å². The molecule has 3 rings (SSSR count). The molecular formula is C19H19F3N2O6. The van der Waals surface area contributed by atoms with Crippen molar-refractivity contribution in [3.8, 4) is 5.75 Å². The predicted octanol–water partition coefficient (Wildman–Crippen LogP) is 2.71. The number of aryl methyl sites for hydroxylation is 1. The van der Waals surface area contributed by atoms with Gasteiger partial charge in [0.05, 0.1) is 37.6 Å². The first kappa shape index (κ1) is 21.6. The maximum absolute atomic E-state index is 13.1. The molecule has 0 radical (unpaired) electrons. The SMILES string of the molecule is COC(=O)c1cncc(OCC2CN(C(=O)c3cc(C)oc3C(F)(F)F)CCO2)c1. The monoisotopic (exact) mass is 428 g/mol. The number of pyridine rings is 1. The number of carbonyl (C=O) groups is 2. The maximum atomic E-state index is 13.1. The van der Waals surface area contributed by atoms with Crippen LogP contribution in [0.5, 0.6) is 5.75 Å². The molecule has 0 bridgehead atoms. The number of carbonyl (C=O) groups excluding carboxylic acids is 2. The van der Waals surface area contributed by atoms with E-state index < -0.39 is 35.5 Å². The van der Waals surface area contributed by atoms with Crippen LogP contribution in [0.1, 0.15) is 32.2 Å². The number of hydrogen-bond donors (Lipinski definition) is 0. The second-order valence-corrected chi connectivity index (χ2v) is 6.55. The van der Waals surface area contributed by atoms with Gasteiger partial charge in [-0.15, -0.1) is 0 Å². The Morgan fingerprint density at radius 1 is 1.30 bits per heavy atom.